The van der Waals surface area contributed by atoms with Crippen molar-refractivity contribution >= 4 is 23.2 Å². The molecule has 1 aliphatic heterocycles. The summed E-state index contributed by atoms with van der Waals surface area (Å²) in [5.41, 5.74) is 1.38. The largest absolute Gasteiger partial charge is 0.467 e. The summed E-state index contributed by atoms with van der Waals surface area (Å²) in [6.07, 6.45) is 1.16. The number of esters is 1. The number of benzene rings is 1. The van der Waals surface area contributed by atoms with E-state index in [0.717, 1.165) is 10.4 Å². The van der Waals surface area contributed by atoms with E-state index >= 15 is 0 Å². The molecule has 3 aromatic rings. The normalized spacial score (nSPS) is 16.0. The maximum atomic E-state index is 13.1. The predicted molar refractivity (Wildman–Crippen MR) is 96.6 cm³/mol. The van der Waals surface area contributed by atoms with Crippen LogP contribution in [-0.2, 0) is 29.0 Å². The number of fused-ring (bicyclic) bond motifs is 1. The first kappa shape index (κ1) is 16.6. The molecule has 3 heterocycles. The van der Waals surface area contributed by atoms with Gasteiger partial charge in [0.1, 0.15) is 5.76 Å². The second-order valence-corrected chi connectivity index (χ2v) is 7.14. The molecule has 26 heavy (non-hydrogen) atoms. The summed E-state index contributed by atoms with van der Waals surface area (Å²) in [6.45, 7) is 0.784. The SMILES string of the molecule is O=C1O[C@@H](C(=O)N(Cc2ccco2)Cc2cccs2)Cc2ccccc21. The van der Waals surface area contributed by atoms with Crippen molar-refractivity contribution in [2.45, 2.75) is 25.6 Å². The molecule has 1 atom stereocenters. The van der Waals surface area contributed by atoms with Crippen LogP contribution >= 0.6 is 11.3 Å². The molecule has 0 saturated heterocycles. The smallest absolute Gasteiger partial charge is 0.339 e. The van der Waals surface area contributed by atoms with Gasteiger partial charge in [0.25, 0.3) is 5.91 Å². The summed E-state index contributed by atoms with van der Waals surface area (Å²) in [4.78, 5) is 28.1. The van der Waals surface area contributed by atoms with Crippen molar-refractivity contribution in [2.24, 2.45) is 0 Å². The van der Waals surface area contributed by atoms with E-state index in [1.54, 1.807) is 40.7 Å². The molecule has 5 nitrogen and oxygen atoms in total. The third-order valence-electron chi connectivity index (χ3n) is 4.33. The van der Waals surface area contributed by atoms with Crippen LogP contribution in [0.3, 0.4) is 0 Å². The Morgan fingerprint density at radius 1 is 1.12 bits per heavy atom. The summed E-state index contributed by atoms with van der Waals surface area (Å²) in [6, 6.07) is 14.8. The molecule has 0 radical (unpaired) electrons. The van der Waals surface area contributed by atoms with E-state index in [-0.39, 0.29) is 5.91 Å². The molecule has 6 heteroatoms. The number of ether oxygens (including phenoxy) is 1. The van der Waals surface area contributed by atoms with Gasteiger partial charge in [0.15, 0.2) is 6.10 Å². The number of rotatable bonds is 5. The highest BCUT2D eigenvalue weighted by Crippen LogP contribution is 2.23. The van der Waals surface area contributed by atoms with Crippen molar-refractivity contribution in [1.82, 2.24) is 4.90 Å². The topological polar surface area (TPSA) is 59.8 Å². The highest BCUT2D eigenvalue weighted by molar-refractivity contribution is 7.09. The minimum absolute atomic E-state index is 0.211. The van der Waals surface area contributed by atoms with Crippen LogP contribution in [0.2, 0.25) is 0 Å². The average Bonchev–Trinajstić information content (AvgIpc) is 3.34. The zero-order chi connectivity index (χ0) is 17.9. The molecule has 0 fully saturated rings. The third-order valence-corrected chi connectivity index (χ3v) is 5.19. The summed E-state index contributed by atoms with van der Waals surface area (Å²) >= 11 is 1.58. The fourth-order valence-corrected chi connectivity index (χ4v) is 3.79. The lowest BCUT2D eigenvalue weighted by molar-refractivity contribution is -0.142. The van der Waals surface area contributed by atoms with Gasteiger partial charge in [-0.1, -0.05) is 24.3 Å². The van der Waals surface area contributed by atoms with E-state index in [1.807, 2.05) is 35.7 Å². The van der Waals surface area contributed by atoms with Gasteiger partial charge >= 0.3 is 5.97 Å². The Bertz CT molecular complexity index is 866. The zero-order valence-electron chi connectivity index (χ0n) is 14.0. The molecule has 132 valence electrons. The summed E-state index contributed by atoms with van der Waals surface area (Å²) in [5, 5.41) is 1.97. The number of carbonyl (C=O) groups is 2. The maximum Gasteiger partial charge on any atom is 0.339 e. The second kappa shape index (κ2) is 7.17. The lowest BCUT2D eigenvalue weighted by Gasteiger charge is -2.29. The number of carbonyl (C=O) groups excluding carboxylic acids is 2. The van der Waals surface area contributed by atoms with Gasteiger partial charge in [-0.2, -0.15) is 0 Å². The lowest BCUT2D eigenvalue weighted by atomic mass is 9.98. The van der Waals surface area contributed by atoms with Crippen LogP contribution in [0.25, 0.3) is 0 Å². The Morgan fingerprint density at radius 3 is 2.77 bits per heavy atom. The Hall–Kier alpha value is -2.86. The van der Waals surface area contributed by atoms with E-state index in [4.69, 9.17) is 9.15 Å². The van der Waals surface area contributed by atoms with Gasteiger partial charge in [-0.3, -0.25) is 4.79 Å². The van der Waals surface area contributed by atoms with Gasteiger partial charge in [-0.15, -0.1) is 11.3 Å². The summed E-state index contributed by atoms with van der Waals surface area (Å²) in [5.74, 6) is 0.0365. The van der Waals surface area contributed by atoms with Crippen LogP contribution in [0, 0.1) is 0 Å². The molecule has 1 amide bonds. The van der Waals surface area contributed by atoms with E-state index in [1.165, 1.54) is 0 Å². The molecular formula is C20H17NO4S. The van der Waals surface area contributed by atoms with Crippen molar-refractivity contribution in [1.29, 1.82) is 0 Å². The number of hydrogen-bond acceptors (Lipinski definition) is 5. The first-order valence-electron chi connectivity index (χ1n) is 8.33. The highest BCUT2D eigenvalue weighted by atomic mass is 32.1. The molecule has 2 aromatic heterocycles. The van der Waals surface area contributed by atoms with Crippen LogP contribution in [0.15, 0.2) is 64.6 Å². The van der Waals surface area contributed by atoms with Crippen molar-refractivity contribution in [2.75, 3.05) is 0 Å². The molecule has 4 rings (SSSR count). The molecule has 0 N–H and O–H groups in total. The van der Waals surface area contributed by atoms with Gasteiger partial charge in [0.05, 0.1) is 24.9 Å². The molecule has 0 aliphatic carbocycles. The molecule has 0 bridgehead atoms. The summed E-state index contributed by atoms with van der Waals surface area (Å²) < 4.78 is 10.8. The van der Waals surface area contributed by atoms with Gasteiger partial charge in [0, 0.05) is 11.3 Å². The van der Waals surface area contributed by atoms with Crippen LogP contribution in [-0.4, -0.2) is 22.9 Å². The van der Waals surface area contributed by atoms with Crippen LogP contribution < -0.4 is 0 Å². The predicted octanol–water partition coefficient (Wildman–Crippen LogP) is 3.65. The number of cyclic esters (lactones) is 1. The fourth-order valence-electron chi connectivity index (χ4n) is 3.07. The molecular weight excluding hydrogens is 350 g/mol. The quantitative estimate of drug-likeness (QED) is 0.646. The third kappa shape index (κ3) is 3.41. The number of hydrogen-bond donors (Lipinski definition) is 0. The number of furan rings is 1. The highest BCUT2D eigenvalue weighted by Gasteiger charge is 2.34. The van der Waals surface area contributed by atoms with E-state index in [9.17, 15) is 9.59 Å². The minimum Gasteiger partial charge on any atom is -0.467 e. The van der Waals surface area contributed by atoms with Gasteiger partial charge in [0.2, 0.25) is 0 Å². The second-order valence-electron chi connectivity index (χ2n) is 6.11. The van der Waals surface area contributed by atoms with Crippen molar-refractivity contribution in [3.8, 4) is 0 Å². The Morgan fingerprint density at radius 2 is 2.00 bits per heavy atom. The molecule has 0 spiro atoms. The van der Waals surface area contributed by atoms with Gasteiger partial charge in [-0.25, -0.2) is 4.79 Å². The van der Waals surface area contributed by atoms with Crippen molar-refractivity contribution in [3.63, 3.8) is 0 Å². The van der Waals surface area contributed by atoms with Crippen LogP contribution in [0.5, 0.6) is 0 Å². The Labute approximate surface area is 154 Å². The van der Waals surface area contributed by atoms with Crippen LogP contribution in [0.1, 0.15) is 26.6 Å². The monoisotopic (exact) mass is 367 g/mol. The zero-order valence-corrected chi connectivity index (χ0v) is 14.8. The molecule has 0 unspecified atom stereocenters. The number of amides is 1. The first-order chi connectivity index (χ1) is 12.7. The Balaban J connectivity index is 1.57. The lowest BCUT2D eigenvalue weighted by Crippen LogP contribution is -2.43. The van der Waals surface area contributed by atoms with Crippen molar-refractivity contribution in [3.05, 3.63) is 81.9 Å². The van der Waals surface area contributed by atoms with E-state index in [0.29, 0.717) is 30.8 Å². The summed E-state index contributed by atoms with van der Waals surface area (Å²) in [7, 11) is 0. The average molecular weight is 367 g/mol. The maximum absolute atomic E-state index is 13.1. The molecule has 0 saturated carbocycles. The Kier molecular flexibility index (Phi) is 4.58. The minimum atomic E-state index is -0.813. The number of nitrogens with zero attached hydrogens (tertiary/aromatic N) is 1. The standard InChI is InChI=1S/C20H17NO4S/c22-19(18-11-14-5-1-2-8-17(14)20(23)25-18)21(12-15-6-3-9-24-15)13-16-7-4-10-26-16/h1-10,18H,11-13H2/t18-/m1/s1. The van der Waals surface area contributed by atoms with E-state index < -0.39 is 12.1 Å². The fraction of sp³-hybridized carbons (Fsp3) is 0.200. The first-order valence-corrected chi connectivity index (χ1v) is 9.21. The van der Waals surface area contributed by atoms with Crippen LogP contribution in [0.4, 0.5) is 0 Å². The number of thiophene rings is 1. The molecule has 1 aliphatic rings. The van der Waals surface area contributed by atoms with E-state index in [2.05, 4.69) is 0 Å². The van der Waals surface area contributed by atoms with Gasteiger partial charge in [-0.05, 0) is 35.2 Å². The molecule has 1 aromatic carbocycles. The van der Waals surface area contributed by atoms with Crippen molar-refractivity contribution < 1.29 is 18.7 Å². The van der Waals surface area contributed by atoms with Gasteiger partial charge < -0.3 is 14.1 Å².